The van der Waals surface area contributed by atoms with Crippen LogP contribution in [0.15, 0.2) is 18.2 Å². The summed E-state index contributed by atoms with van der Waals surface area (Å²) >= 11 is 0. The maximum Gasteiger partial charge on any atom is 0.311 e. The number of hydrogen-bond acceptors (Lipinski definition) is 4. The van der Waals surface area contributed by atoms with E-state index in [0.29, 0.717) is 18.3 Å². The Labute approximate surface area is 125 Å². The van der Waals surface area contributed by atoms with E-state index in [2.05, 4.69) is 12.2 Å². The first-order chi connectivity index (χ1) is 10.2. The third-order valence-corrected chi connectivity index (χ3v) is 4.44. The van der Waals surface area contributed by atoms with Crippen LogP contribution in [0.2, 0.25) is 0 Å². The summed E-state index contributed by atoms with van der Waals surface area (Å²) in [6, 6.07) is 5.70. The fourth-order valence-corrected chi connectivity index (χ4v) is 3.20. The number of rotatable bonds is 6. The normalized spacial score (nSPS) is 22.0. The number of nitro groups is 1. The first kappa shape index (κ1) is 15.8. The molecule has 1 saturated carbocycles. The molecular formula is C16H24N2O3. The molecule has 0 bridgehead atoms. The molecule has 1 aromatic carbocycles. The van der Waals surface area contributed by atoms with E-state index >= 15 is 0 Å². The predicted molar refractivity (Wildman–Crippen MR) is 82.5 cm³/mol. The summed E-state index contributed by atoms with van der Waals surface area (Å²) in [5.41, 5.74) is 0.968. The van der Waals surface area contributed by atoms with E-state index in [4.69, 9.17) is 4.74 Å². The second kappa shape index (κ2) is 7.41. The molecule has 5 heteroatoms. The average Bonchev–Trinajstić information content (AvgIpc) is 2.52. The third-order valence-electron chi connectivity index (χ3n) is 4.44. The van der Waals surface area contributed by atoms with Crippen LogP contribution in [-0.4, -0.2) is 18.1 Å². The number of nitro benzene ring substituents is 1. The van der Waals surface area contributed by atoms with Crippen molar-refractivity contribution in [2.75, 3.05) is 7.11 Å². The highest BCUT2D eigenvalue weighted by atomic mass is 16.6. The molecule has 2 rings (SSSR count). The molecule has 21 heavy (non-hydrogen) atoms. The quantitative estimate of drug-likeness (QED) is 0.642. The number of benzene rings is 1. The Balaban J connectivity index is 2.02. The zero-order valence-electron chi connectivity index (χ0n) is 12.8. The lowest BCUT2D eigenvalue weighted by Gasteiger charge is -2.31. The lowest BCUT2D eigenvalue weighted by molar-refractivity contribution is -0.385. The molecule has 0 amide bonds. The maximum absolute atomic E-state index is 11.0. The van der Waals surface area contributed by atoms with Gasteiger partial charge in [0.1, 0.15) is 0 Å². The molecule has 1 aromatic rings. The minimum absolute atomic E-state index is 0.0347. The van der Waals surface area contributed by atoms with Crippen molar-refractivity contribution < 1.29 is 9.66 Å². The van der Waals surface area contributed by atoms with Gasteiger partial charge in [-0.05, 0) is 30.4 Å². The SMILES string of the molecule is CCC1CCCCC1NCc1ccc(OC)c([N+](=O)[O-])c1. The summed E-state index contributed by atoms with van der Waals surface area (Å²) in [4.78, 5) is 10.7. The molecular weight excluding hydrogens is 268 g/mol. The van der Waals surface area contributed by atoms with E-state index in [1.54, 1.807) is 12.1 Å². The molecule has 2 unspecified atom stereocenters. The second-order valence-corrected chi connectivity index (χ2v) is 5.70. The van der Waals surface area contributed by atoms with Gasteiger partial charge in [0.25, 0.3) is 0 Å². The Kier molecular flexibility index (Phi) is 5.56. The van der Waals surface area contributed by atoms with Crippen LogP contribution in [0.25, 0.3) is 0 Å². The van der Waals surface area contributed by atoms with Crippen LogP contribution in [-0.2, 0) is 6.54 Å². The van der Waals surface area contributed by atoms with Gasteiger partial charge in [-0.3, -0.25) is 10.1 Å². The van der Waals surface area contributed by atoms with Gasteiger partial charge in [-0.2, -0.15) is 0 Å². The first-order valence-electron chi connectivity index (χ1n) is 7.70. The lowest BCUT2D eigenvalue weighted by Crippen LogP contribution is -2.37. The van der Waals surface area contributed by atoms with Crippen molar-refractivity contribution >= 4 is 5.69 Å². The minimum Gasteiger partial charge on any atom is -0.490 e. The number of ether oxygens (including phenoxy) is 1. The molecule has 0 spiro atoms. The zero-order chi connectivity index (χ0) is 15.2. The van der Waals surface area contributed by atoms with Crippen molar-refractivity contribution in [2.24, 2.45) is 5.92 Å². The largest absolute Gasteiger partial charge is 0.490 e. The van der Waals surface area contributed by atoms with Gasteiger partial charge in [0.15, 0.2) is 5.75 Å². The van der Waals surface area contributed by atoms with Crippen LogP contribution in [0.4, 0.5) is 5.69 Å². The Bertz CT molecular complexity index is 490. The van der Waals surface area contributed by atoms with E-state index < -0.39 is 4.92 Å². The van der Waals surface area contributed by atoms with Gasteiger partial charge in [0.2, 0.25) is 0 Å². The monoisotopic (exact) mass is 292 g/mol. The fourth-order valence-electron chi connectivity index (χ4n) is 3.20. The van der Waals surface area contributed by atoms with Crippen LogP contribution in [0, 0.1) is 16.0 Å². The summed E-state index contributed by atoms with van der Waals surface area (Å²) in [5, 5.41) is 14.6. The smallest absolute Gasteiger partial charge is 0.311 e. The van der Waals surface area contributed by atoms with Crippen molar-refractivity contribution in [3.63, 3.8) is 0 Å². The summed E-state index contributed by atoms with van der Waals surface area (Å²) < 4.78 is 5.03. The van der Waals surface area contributed by atoms with Crippen molar-refractivity contribution in [3.05, 3.63) is 33.9 Å². The fraction of sp³-hybridized carbons (Fsp3) is 0.625. The minimum atomic E-state index is -0.391. The van der Waals surface area contributed by atoms with Crippen LogP contribution >= 0.6 is 0 Å². The molecule has 2 atom stereocenters. The van der Waals surface area contributed by atoms with Gasteiger partial charge in [0.05, 0.1) is 12.0 Å². The second-order valence-electron chi connectivity index (χ2n) is 5.70. The number of methoxy groups -OCH3 is 1. The standard InChI is InChI=1S/C16H24N2O3/c1-3-13-6-4-5-7-14(13)17-11-12-8-9-16(21-2)15(10-12)18(19)20/h8-10,13-14,17H,3-7,11H2,1-2H3. The van der Waals surface area contributed by atoms with Crippen molar-refractivity contribution in [2.45, 2.75) is 51.6 Å². The van der Waals surface area contributed by atoms with E-state index in [-0.39, 0.29) is 5.69 Å². The van der Waals surface area contributed by atoms with Crippen LogP contribution in [0.3, 0.4) is 0 Å². The number of nitrogens with zero attached hydrogens (tertiary/aromatic N) is 1. The highest BCUT2D eigenvalue weighted by molar-refractivity contribution is 5.48. The van der Waals surface area contributed by atoms with Gasteiger partial charge >= 0.3 is 5.69 Å². The van der Waals surface area contributed by atoms with Gasteiger partial charge in [-0.1, -0.05) is 32.3 Å². The van der Waals surface area contributed by atoms with Gasteiger partial charge in [-0.15, -0.1) is 0 Å². The maximum atomic E-state index is 11.0. The molecule has 0 radical (unpaired) electrons. The topological polar surface area (TPSA) is 64.4 Å². The van der Waals surface area contributed by atoms with Gasteiger partial charge in [0, 0.05) is 18.7 Å². The zero-order valence-corrected chi connectivity index (χ0v) is 12.8. The molecule has 1 N–H and O–H groups in total. The molecule has 1 aliphatic carbocycles. The summed E-state index contributed by atoms with van der Waals surface area (Å²) in [6.07, 6.45) is 6.29. The third kappa shape index (κ3) is 3.94. The molecule has 0 saturated heterocycles. The van der Waals surface area contributed by atoms with Crippen LogP contribution in [0.5, 0.6) is 5.75 Å². The van der Waals surface area contributed by atoms with E-state index in [1.807, 2.05) is 6.07 Å². The Morgan fingerprint density at radius 1 is 1.38 bits per heavy atom. The van der Waals surface area contributed by atoms with Crippen molar-refractivity contribution in [1.82, 2.24) is 5.32 Å². The average molecular weight is 292 g/mol. The molecule has 1 fully saturated rings. The van der Waals surface area contributed by atoms with Gasteiger partial charge in [-0.25, -0.2) is 0 Å². The summed E-state index contributed by atoms with van der Waals surface area (Å²) in [7, 11) is 1.45. The summed E-state index contributed by atoms with van der Waals surface area (Å²) in [5.74, 6) is 1.04. The molecule has 0 aromatic heterocycles. The molecule has 0 heterocycles. The Hall–Kier alpha value is -1.62. The van der Waals surface area contributed by atoms with E-state index in [9.17, 15) is 10.1 Å². The van der Waals surface area contributed by atoms with E-state index in [1.165, 1.54) is 39.2 Å². The Morgan fingerprint density at radius 2 is 2.14 bits per heavy atom. The Morgan fingerprint density at radius 3 is 2.81 bits per heavy atom. The molecule has 116 valence electrons. The van der Waals surface area contributed by atoms with Crippen molar-refractivity contribution in [1.29, 1.82) is 0 Å². The number of nitrogens with one attached hydrogen (secondary N) is 1. The molecule has 1 aliphatic rings. The van der Waals surface area contributed by atoms with Crippen LogP contribution < -0.4 is 10.1 Å². The van der Waals surface area contributed by atoms with Crippen molar-refractivity contribution in [3.8, 4) is 5.75 Å². The number of hydrogen-bond donors (Lipinski definition) is 1. The van der Waals surface area contributed by atoms with E-state index in [0.717, 1.165) is 11.5 Å². The lowest BCUT2D eigenvalue weighted by atomic mass is 9.83. The molecule has 5 nitrogen and oxygen atoms in total. The molecule has 0 aliphatic heterocycles. The highest BCUT2D eigenvalue weighted by Gasteiger charge is 2.23. The predicted octanol–water partition coefficient (Wildman–Crippen LogP) is 3.66. The van der Waals surface area contributed by atoms with Gasteiger partial charge < -0.3 is 10.1 Å². The first-order valence-corrected chi connectivity index (χ1v) is 7.70. The summed E-state index contributed by atoms with van der Waals surface area (Å²) in [6.45, 7) is 2.91. The highest BCUT2D eigenvalue weighted by Crippen LogP contribution is 2.29. The van der Waals surface area contributed by atoms with Crippen LogP contribution in [0.1, 0.15) is 44.6 Å².